The van der Waals surface area contributed by atoms with Gasteiger partial charge < -0.3 is 10.5 Å². The van der Waals surface area contributed by atoms with Gasteiger partial charge >= 0.3 is 5.97 Å². The van der Waals surface area contributed by atoms with Gasteiger partial charge in [-0.1, -0.05) is 6.92 Å². The van der Waals surface area contributed by atoms with Crippen molar-refractivity contribution in [2.24, 2.45) is 11.7 Å². The molecule has 4 heteroatoms. The van der Waals surface area contributed by atoms with Gasteiger partial charge in [-0.3, -0.25) is 9.69 Å². The third kappa shape index (κ3) is 2.97. The van der Waals surface area contributed by atoms with Crippen LogP contribution in [0.3, 0.4) is 0 Å². The minimum absolute atomic E-state index is 0.149. The quantitative estimate of drug-likeness (QED) is 0.622. The number of rotatable bonds is 3. The van der Waals surface area contributed by atoms with Gasteiger partial charge in [-0.25, -0.2) is 0 Å². The summed E-state index contributed by atoms with van der Waals surface area (Å²) in [5, 5.41) is 0. The van der Waals surface area contributed by atoms with E-state index >= 15 is 0 Å². The zero-order valence-corrected chi connectivity index (χ0v) is 8.32. The number of nitrogens with two attached hydrogens (primary N) is 1. The average Bonchev–Trinajstić information content (AvgIpc) is 2.31. The summed E-state index contributed by atoms with van der Waals surface area (Å²) in [5.74, 6) is 0.332. The van der Waals surface area contributed by atoms with E-state index in [1.165, 1.54) is 0 Å². The van der Waals surface area contributed by atoms with Gasteiger partial charge in [0.25, 0.3) is 0 Å². The van der Waals surface area contributed by atoms with Gasteiger partial charge in [0.2, 0.25) is 0 Å². The molecule has 76 valence electrons. The molecule has 2 atom stereocenters. The standard InChI is InChI=1S/C9H18N2O2/c1-3-13-9(12)6-11-4-7(2)8(10)5-11/h7-8H,3-6,10H2,1-2H3. The lowest BCUT2D eigenvalue weighted by Gasteiger charge is -2.13. The van der Waals surface area contributed by atoms with Gasteiger partial charge in [0.05, 0.1) is 13.2 Å². The minimum Gasteiger partial charge on any atom is -0.465 e. The first-order chi connectivity index (χ1) is 6.13. The highest BCUT2D eigenvalue weighted by atomic mass is 16.5. The molecule has 0 aromatic carbocycles. The van der Waals surface area contributed by atoms with E-state index in [9.17, 15) is 4.79 Å². The molecular weight excluding hydrogens is 168 g/mol. The Morgan fingerprint density at radius 2 is 2.31 bits per heavy atom. The minimum atomic E-state index is -0.149. The van der Waals surface area contributed by atoms with Gasteiger partial charge in [0, 0.05) is 19.1 Å². The van der Waals surface area contributed by atoms with Crippen molar-refractivity contribution in [1.29, 1.82) is 0 Å². The average molecular weight is 186 g/mol. The van der Waals surface area contributed by atoms with Crippen molar-refractivity contribution in [3.63, 3.8) is 0 Å². The Hall–Kier alpha value is -0.610. The van der Waals surface area contributed by atoms with Crippen LogP contribution in [0.4, 0.5) is 0 Å². The van der Waals surface area contributed by atoms with Crippen LogP contribution in [0.25, 0.3) is 0 Å². The van der Waals surface area contributed by atoms with E-state index in [0.29, 0.717) is 19.1 Å². The fourth-order valence-electron chi connectivity index (χ4n) is 1.61. The smallest absolute Gasteiger partial charge is 0.320 e. The summed E-state index contributed by atoms with van der Waals surface area (Å²) in [6.45, 7) is 6.46. The lowest BCUT2D eigenvalue weighted by molar-refractivity contribution is -0.144. The zero-order chi connectivity index (χ0) is 9.84. The van der Waals surface area contributed by atoms with E-state index in [0.717, 1.165) is 13.1 Å². The molecule has 0 spiro atoms. The Morgan fingerprint density at radius 1 is 1.62 bits per heavy atom. The summed E-state index contributed by atoms with van der Waals surface area (Å²) in [5.41, 5.74) is 5.82. The number of carbonyl (C=O) groups excluding carboxylic acids is 1. The molecule has 1 rings (SSSR count). The number of esters is 1. The molecule has 0 radical (unpaired) electrons. The van der Waals surface area contributed by atoms with E-state index in [2.05, 4.69) is 6.92 Å². The summed E-state index contributed by atoms with van der Waals surface area (Å²) in [6.07, 6.45) is 0. The van der Waals surface area contributed by atoms with Gasteiger partial charge in [-0.05, 0) is 12.8 Å². The lowest BCUT2D eigenvalue weighted by atomic mass is 10.1. The predicted molar refractivity (Wildman–Crippen MR) is 50.2 cm³/mol. The normalized spacial score (nSPS) is 29.2. The molecule has 0 saturated carbocycles. The molecule has 2 unspecified atom stereocenters. The maximum Gasteiger partial charge on any atom is 0.320 e. The van der Waals surface area contributed by atoms with Crippen molar-refractivity contribution in [2.45, 2.75) is 19.9 Å². The Labute approximate surface area is 79.0 Å². The van der Waals surface area contributed by atoms with E-state index in [-0.39, 0.29) is 12.0 Å². The number of ether oxygens (including phenoxy) is 1. The number of hydrogen-bond acceptors (Lipinski definition) is 4. The predicted octanol–water partition coefficient (Wildman–Crippen LogP) is -0.171. The van der Waals surface area contributed by atoms with Crippen LogP contribution in [0.15, 0.2) is 0 Å². The maximum absolute atomic E-state index is 11.1. The molecule has 0 bridgehead atoms. The highest BCUT2D eigenvalue weighted by molar-refractivity contribution is 5.71. The molecule has 1 saturated heterocycles. The Balaban J connectivity index is 2.27. The van der Waals surface area contributed by atoms with Gasteiger partial charge in [-0.2, -0.15) is 0 Å². The Morgan fingerprint density at radius 3 is 2.77 bits per heavy atom. The fourth-order valence-corrected chi connectivity index (χ4v) is 1.61. The van der Waals surface area contributed by atoms with E-state index in [4.69, 9.17) is 10.5 Å². The van der Waals surface area contributed by atoms with Crippen molar-refractivity contribution >= 4 is 5.97 Å². The monoisotopic (exact) mass is 186 g/mol. The van der Waals surface area contributed by atoms with Crippen LogP contribution >= 0.6 is 0 Å². The topological polar surface area (TPSA) is 55.6 Å². The van der Waals surface area contributed by atoms with Gasteiger partial charge in [-0.15, -0.1) is 0 Å². The fraction of sp³-hybridized carbons (Fsp3) is 0.889. The first kappa shape index (κ1) is 10.5. The second kappa shape index (κ2) is 4.58. The van der Waals surface area contributed by atoms with Crippen molar-refractivity contribution in [3.05, 3.63) is 0 Å². The molecule has 0 amide bonds. The first-order valence-electron chi connectivity index (χ1n) is 4.77. The Kier molecular flexibility index (Phi) is 3.69. The van der Waals surface area contributed by atoms with Crippen LogP contribution in [-0.2, 0) is 9.53 Å². The van der Waals surface area contributed by atoms with E-state index in [1.807, 2.05) is 11.8 Å². The number of likely N-dealkylation sites (tertiary alicyclic amines) is 1. The molecule has 1 aliphatic rings. The number of hydrogen-bond donors (Lipinski definition) is 1. The zero-order valence-electron chi connectivity index (χ0n) is 8.32. The summed E-state index contributed by atoms with van der Waals surface area (Å²) in [6, 6.07) is 0.203. The molecule has 1 aliphatic heterocycles. The third-order valence-electron chi connectivity index (χ3n) is 2.40. The van der Waals surface area contributed by atoms with Crippen LogP contribution in [0.5, 0.6) is 0 Å². The van der Waals surface area contributed by atoms with E-state index < -0.39 is 0 Å². The molecule has 2 N–H and O–H groups in total. The highest BCUT2D eigenvalue weighted by Gasteiger charge is 2.27. The number of carbonyl (C=O) groups is 1. The molecule has 0 aromatic rings. The largest absolute Gasteiger partial charge is 0.465 e. The van der Waals surface area contributed by atoms with Crippen molar-refractivity contribution < 1.29 is 9.53 Å². The van der Waals surface area contributed by atoms with Crippen LogP contribution in [0.1, 0.15) is 13.8 Å². The van der Waals surface area contributed by atoms with Gasteiger partial charge in [0.15, 0.2) is 0 Å². The summed E-state index contributed by atoms with van der Waals surface area (Å²) in [4.78, 5) is 13.2. The van der Waals surface area contributed by atoms with Crippen molar-refractivity contribution in [1.82, 2.24) is 4.90 Å². The molecule has 13 heavy (non-hydrogen) atoms. The molecule has 4 nitrogen and oxygen atoms in total. The van der Waals surface area contributed by atoms with Crippen molar-refractivity contribution in [3.8, 4) is 0 Å². The first-order valence-corrected chi connectivity index (χ1v) is 4.77. The van der Waals surface area contributed by atoms with Crippen LogP contribution < -0.4 is 5.73 Å². The maximum atomic E-state index is 11.1. The summed E-state index contributed by atoms with van der Waals surface area (Å²) < 4.78 is 4.85. The summed E-state index contributed by atoms with van der Waals surface area (Å²) >= 11 is 0. The molecule has 1 heterocycles. The SMILES string of the molecule is CCOC(=O)CN1CC(C)C(N)C1. The second-order valence-electron chi connectivity index (χ2n) is 3.64. The second-order valence-corrected chi connectivity index (χ2v) is 3.64. The van der Waals surface area contributed by atoms with Crippen LogP contribution in [-0.4, -0.2) is 43.2 Å². The third-order valence-corrected chi connectivity index (χ3v) is 2.40. The molecular formula is C9H18N2O2. The summed E-state index contributed by atoms with van der Waals surface area (Å²) in [7, 11) is 0. The van der Waals surface area contributed by atoms with Crippen molar-refractivity contribution in [2.75, 3.05) is 26.2 Å². The Bertz CT molecular complexity index is 174. The number of nitrogens with zero attached hydrogens (tertiary/aromatic N) is 1. The molecule has 0 aliphatic carbocycles. The van der Waals surface area contributed by atoms with Crippen LogP contribution in [0.2, 0.25) is 0 Å². The highest BCUT2D eigenvalue weighted by Crippen LogP contribution is 2.13. The van der Waals surface area contributed by atoms with E-state index in [1.54, 1.807) is 0 Å². The van der Waals surface area contributed by atoms with Crippen LogP contribution in [0, 0.1) is 5.92 Å². The molecule has 0 aromatic heterocycles. The molecule has 1 fully saturated rings. The lowest BCUT2D eigenvalue weighted by Crippen LogP contribution is -2.32. The van der Waals surface area contributed by atoms with Gasteiger partial charge in [0.1, 0.15) is 0 Å².